The Morgan fingerprint density at radius 3 is 2.38 bits per heavy atom. The highest BCUT2D eigenvalue weighted by molar-refractivity contribution is 7.89. The minimum Gasteiger partial charge on any atom is -0.326 e. The van der Waals surface area contributed by atoms with E-state index in [1.54, 1.807) is 12.1 Å². The minimum absolute atomic E-state index is 0.0243. The van der Waals surface area contributed by atoms with E-state index in [1.807, 2.05) is 32.0 Å². The van der Waals surface area contributed by atoms with E-state index >= 15 is 0 Å². The fourth-order valence-electron chi connectivity index (χ4n) is 2.49. The van der Waals surface area contributed by atoms with E-state index in [4.69, 9.17) is 5.14 Å². The van der Waals surface area contributed by atoms with Crippen LogP contribution in [0.15, 0.2) is 47.4 Å². The number of nitrogens with one attached hydrogen (secondary N) is 2. The quantitative estimate of drug-likeness (QED) is 0.615. The molecule has 140 valence electrons. The lowest BCUT2D eigenvalue weighted by molar-refractivity contribution is -0.116. The molecule has 2 aromatic rings. The second kappa shape index (κ2) is 8.93. The van der Waals surface area contributed by atoms with Gasteiger partial charge in [-0.2, -0.15) is 0 Å². The number of rotatable bonds is 8. The molecule has 2 rings (SSSR count). The number of hydrogen-bond donors (Lipinski definition) is 3. The monoisotopic (exact) mass is 375 g/mol. The van der Waals surface area contributed by atoms with Crippen LogP contribution in [0.3, 0.4) is 0 Å². The van der Waals surface area contributed by atoms with Gasteiger partial charge in [0, 0.05) is 18.7 Å². The van der Waals surface area contributed by atoms with Crippen molar-refractivity contribution in [2.45, 2.75) is 31.6 Å². The summed E-state index contributed by atoms with van der Waals surface area (Å²) in [4.78, 5) is 12.1. The molecule has 0 heterocycles. The first-order chi connectivity index (χ1) is 12.3. The van der Waals surface area contributed by atoms with Gasteiger partial charge in [-0.15, -0.1) is 0 Å². The summed E-state index contributed by atoms with van der Waals surface area (Å²) in [6.45, 7) is 5.23. The Hall–Kier alpha value is -2.22. The molecule has 0 unspecified atom stereocenters. The first-order valence-corrected chi connectivity index (χ1v) is 10.00. The number of benzene rings is 2. The molecule has 4 N–H and O–H groups in total. The summed E-state index contributed by atoms with van der Waals surface area (Å²) in [6, 6.07) is 12.5. The van der Waals surface area contributed by atoms with Gasteiger partial charge in [0.2, 0.25) is 15.9 Å². The number of amides is 1. The Labute approximate surface area is 154 Å². The number of sulfonamides is 1. The largest absolute Gasteiger partial charge is 0.326 e. The second-order valence-electron chi connectivity index (χ2n) is 6.31. The molecule has 26 heavy (non-hydrogen) atoms. The van der Waals surface area contributed by atoms with E-state index in [-0.39, 0.29) is 10.8 Å². The van der Waals surface area contributed by atoms with Gasteiger partial charge in [-0.25, -0.2) is 13.6 Å². The topological polar surface area (TPSA) is 101 Å². The van der Waals surface area contributed by atoms with Crippen molar-refractivity contribution >= 4 is 21.6 Å². The molecule has 0 bridgehead atoms. The van der Waals surface area contributed by atoms with Crippen molar-refractivity contribution in [3.63, 3.8) is 0 Å². The predicted molar refractivity (Wildman–Crippen MR) is 104 cm³/mol. The maximum absolute atomic E-state index is 12.0. The van der Waals surface area contributed by atoms with Crippen molar-refractivity contribution in [2.75, 3.05) is 18.4 Å². The van der Waals surface area contributed by atoms with Gasteiger partial charge in [0.1, 0.15) is 0 Å². The van der Waals surface area contributed by atoms with Gasteiger partial charge >= 0.3 is 0 Å². The summed E-state index contributed by atoms with van der Waals surface area (Å²) in [5.74, 6) is -0.0243. The standard InChI is InChI=1S/C19H25N3O3S/c1-14-3-4-15(2)18(13-14)22-19(23)10-12-21-11-9-16-5-7-17(8-6-16)26(20,24)25/h3-8,13,21H,9-12H2,1-2H3,(H,22,23)(H2,20,24,25). The molecule has 0 aliphatic carbocycles. The van der Waals surface area contributed by atoms with Gasteiger partial charge in [0.15, 0.2) is 0 Å². The minimum atomic E-state index is -3.65. The van der Waals surface area contributed by atoms with Gasteiger partial charge in [0.25, 0.3) is 0 Å². The van der Waals surface area contributed by atoms with E-state index in [0.717, 1.165) is 28.8 Å². The zero-order valence-corrected chi connectivity index (χ0v) is 15.9. The first-order valence-electron chi connectivity index (χ1n) is 8.45. The van der Waals surface area contributed by atoms with E-state index in [9.17, 15) is 13.2 Å². The Morgan fingerprint density at radius 1 is 1.04 bits per heavy atom. The van der Waals surface area contributed by atoms with E-state index < -0.39 is 10.0 Å². The molecule has 6 nitrogen and oxygen atoms in total. The summed E-state index contributed by atoms with van der Waals surface area (Å²) >= 11 is 0. The van der Waals surface area contributed by atoms with Crippen molar-refractivity contribution in [1.82, 2.24) is 5.32 Å². The van der Waals surface area contributed by atoms with Crippen LogP contribution in [0.5, 0.6) is 0 Å². The Bertz CT molecular complexity index is 862. The van der Waals surface area contributed by atoms with E-state index in [1.165, 1.54) is 12.1 Å². The predicted octanol–water partition coefficient (Wildman–Crippen LogP) is 2.11. The SMILES string of the molecule is Cc1ccc(C)c(NC(=O)CCNCCc2ccc(S(N)(=O)=O)cc2)c1. The summed E-state index contributed by atoms with van der Waals surface area (Å²) in [5, 5.41) is 11.2. The summed E-state index contributed by atoms with van der Waals surface area (Å²) < 4.78 is 22.4. The highest BCUT2D eigenvalue weighted by atomic mass is 32.2. The van der Waals surface area contributed by atoms with Crippen molar-refractivity contribution < 1.29 is 13.2 Å². The number of aryl methyl sites for hydroxylation is 2. The number of carbonyl (C=O) groups excluding carboxylic acids is 1. The van der Waals surface area contributed by atoms with Crippen LogP contribution in [0.4, 0.5) is 5.69 Å². The van der Waals surface area contributed by atoms with Crippen molar-refractivity contribution in [3.8, 4) is 0 Å². The third kappa shape index (κ3) is 6.25. The molecule has 0 spiro atoms. The molecule has 0 saturated heterocycles. The van der Waals surface area contributed by atoms with Crippen molar-refractivity contribution in [2.24, 2.45) is 5.14 Å². The van der Waals surface area contributed by atoms with Crippen LogP contribution in [-0.4, -0.2) is 27.4 Å². The van der Waals surface area contributed by atoms with Crippen molar-refractivity contribution in [1.29, 1.82) is 0 Å². The number of carbonyl (C=O) groups is 1. The lowest BCUT2D eigenvalue weighted by atomic mass is 10.1. The Kier molecular flexibility index (Phi) is 6.90. The highest BCUT2D eigenvalue weighted by Crippen LogP contribution is 2.16. The van der Waals surface area contributed by atoms with Crippen LogP contribution in [0.1, 0.15) is 23.1 Å². The normalized spacial score (nSPS) is 11.3. The summed E-state index contributed by atoms with van der Waals surface area (Å²) in [6.07, 6.45) is 1.13. The zero-order valence-electron chi connectivity index (χ0n) is 15.1. The molecule has 0 radical (unpaired) electrons. The number of hydrogen-bond acceptors (Lipinski definition) is 4. The van der Waals surface area contributed by atoms with Gasteiger partial charge in [-0.1, -0.05) is 24.3 Å². The molecule has 0 aliphatic heterocycles. The molecule has 0 aromatic heterocycles. The third-order valence-electron chi connectivity index (χ3n) is 4.04. The number of primary sulfonamides is 1. The number of anilines is 1. The fourth-order valence-corrected chi connectivity index (χ4v) is 3.00. The van der Waals surface area contributed by atoms with Crippen LogP contribution in [-0.2, 0) is 21.2 Å². The van der Waals surface area contributed by atoms with E-state index in [0.29, 0.717) is 19.5 Å². The molecule has 0 aliphatic rings. The van der Waals surface area contributed by atoms with Crippen LogP contribution in [0.25, 0.3) is 0 Å². The smallest absolute Gasteiger partial charge is 0.238 e. The zero-order chi connectivity index (χ0) is 19.2. The Balaban J connectivity index is 1.70. The molecule has 0 saturated carbocycles. The van der Waals surface area contributed by atoms with Crippen molar-refractivity contribution in [3.05, 3.63) is 59.2 Å². The van der Waals surface area contributed by atoms with Gasteiger partial charge < -0.3 is 10.6 Å². The molecule has 0 fully saturated rings. The molecule has 2 aromatic carbocycles. The summed E-state index contributed by atoms with van der Waals surface area (Å²) in [5.41, 5.74) is 4.01. The first kappa shape index (κ1) is 20.1. The molecule has 7 heteroatoms. The maximum Gasteiger partial charge on any atom is 0.238 e. The molecular weight excluding hydrogens is 350 g/mol. The highest BCUT2D eigenvalue weighted by Gasteiger charge is 2.07. The van der Waals surface area contributed by atoms with E-state index in [2.05, 4.69) is 10.6 Å². The lowest BCUT2D eigenvalue weighted by Crippen LogP contribution is -2.23. The van der Waals surface area contributed by atoms with Gasteiger partial charge in [-0.3, -0.25) is 4.79 Å². The Morgan fingerprint density at radius 2 is 1.73 bits per heavy atom. The fraction of sp³-hybridized carbons (Fsp3) is 0.316. The van der Waals surface area contributed by atoms with Crippen LogP contribution in [0.2, 0.25) is 0 Å². The second-order valence-corrected chi connectivity index (χ2v) is 7.87. The number of nitrogens with two attached hydrogens (primary N) is 1. The summed E-state index contributed by atoms with van der Waals surface area (Å²) in [7, 11) is -3.65. The average Bonchev–Trinajstić information content (AvgIpc) is 2.57. The molecule has 1 amide bonds. The third-order valence-corrected chi connectivity index (χ3v) is 4.97. The molecular formula is C19H25N3O3S. The molecule has 0 atom stereocenters. The van der Waals surface area contributed by atoms with Gasteiger partial charge in [-0.05, 0) is 61.7 Å². The average molecular weight is 375 g/mol. The van der Waals surface area contributed by atoms with Crippen LogP contribution >= 0.6 is 0 Å². The lowest BCUT2D eigenvalue weighted by Gasteiger charge is -2.10. The maximum atomic E-state index is 12.0. The van der Waals surface area contributed by atoms with Crippen LogP contribution < -0.4 is 15.8 Å². The van der Waals surface area contributed by atoms with Crippen LogP contribution in [0, 0.1) is 13.8 Å². The van der Waals surface area contributed by atoms with Gasteiger partial charge in [0.05, 0.1) is 4.90 Å².